The third kappa shape index (κ3) is 3.31. The summed E-state index contributed by atoms with van der Waals surface area (Å²) in [7, 11) is 1.31. The maximum atomic E-state index is 13.0. The second-order valence-electron chi connectivity index (χ2n) is 3.91. The van der Waals surface area contributed by atoms with Crippen molar-refractivity contribution in [1.29, 1.82) is 0 Å². The Morgan fingerprint density at radius 1 is 1.16 bits per heavy atom. The van der Waals surface area contributed by atoms with Gasteiger partial charge < -0.3 is 9.47 Å². The highest BCUT2D eigenvalue weighted by molar-refractivity contribution is 5.92. The van der Waals surface area contributed by atoms with Gasteiger partial charge in [-0.05, 0) is 29.8 Å². The summed E-state index contributed by atoms with van der Waals surface area (Å²) in [6, 6.07) is 12.9. The smallest absolute Gasteiger partial charge is 0.341 e. The van der Waals surface area contributed by atoms with Crippen molar-refractivity contribution in [2.75, 3.05) is 7.11 Å². The van der Waals surface area contributed by atoms with Crippen molar-refractivity contribution in [2.24, 2.45) is 0 Å². The highest BCUT2D eigenvalue weighted by atomic mass is 19.1. The lowest BCUT2D eigenvalue weighted by molar-refractivity contribution is 0.0595. The summed E-state index contributed by atoms with van der Waals surface area (Å²) in [6.07, 6.45) is 0. The minimum absolute atomic E-state index is 0.186. The van der Waals surface area contributed by atoms with Gasteiger partial charge in [-0.1, -0.05) is 24.3 Å². The molecule has 0 saturated carbocycles. The lowest BCUT2D eigenvalue weighted by atomic mass is 10.2. The highest BCUT2D eigenvalue weighted by Gasteiger charge is 2.12. The van der Waals surface area contributed by atoms with Crippen LogP contribution in [-0.4, -0.2) is 13.1 Å². The van der Waals surface area contributed by atoms with Crippen molar-refractivity contribution >= 4 is 5.97 Å². The van der Waals surface area contributed by atoms with Crippen LogP contribution in [0.5, 0.6) is 5.75 Å². The van der Waals surface area contributed by atoms with E-state index in [9.17, 15) is 9.18 Å². The minimum atomic E-state index is -0.463. The molecule has 0 aliphatic heterocycles. The number of esters is 1. The van der Waals surface area contributed by atoms with Crippen molar-refractivity contribution in [2.45, 2.75) is 6.61 Å². The van der Waals surface area contributed by atoms with E-state index in [1.54, 1.807) is 36.4 Å². The molecule has 2 aromatic carbocycles. The van der Waals surface area contributed by atoms with E-state index in [2.05, 4.69) is 4.74 Å². The van der Waals surface area contributed by atoms with Crippen LogP contribution >= 0.6 is 0 Å². The van der Waals surface area contributed by atoms with Gasteiger partial charge in [0.2, 0.25) is 0 Å². The van der Waals surface area contributed by atoms with Crippen molar-refractivity contribution < 1.29 is 18.7 Å². The predicted molar refractivity (Wildman–Crippen MR) is 68.5 cm³/mol. The van der Waals surface area contributed by atoms with Gasteiger partial charge in [0.15, 0.2) is 0 Å². The van der Waals surface area contributed by atoms with Crippen LogP contribution < -0.4 is 4.74 Å². The first-order valence-electron chi connectivity index (χ1n) is 5.75. The second-order valence-corrected chi connectivity index (χ2v) is 3.91. The molecule has 19 heavy (non-hydrogen) atoms. The summed E-state index contributed by atoms with van der Waals surface area (Å²) in [4.78, 5) is 11.5. The van der Waals surface area contributed by atoms with Crippen LogP contribution in [0.3, 0.4) is 0 Å². The van der Waals surface area contributed by atoms with E-state index in [0.29, 0.717) is 16.9 Å². The molecule has 0 amide bonds. The summed E-state index contributed by atoms with van der Waals surface area (Å²) in [5.41, 5.74) is 1.04. The van der Waals surface area contributed by atoms with Gasteiger partial charge >= 0.3 is 5.97 Å². The first kappa shape index (κ1) is 13.1. The molecule has 4 heteroatoms. The lowest BCUT2D eigenvalue weighted by Crippen LogP contribution is -2.05. The molecule has 3 nitrogen and oxygen atoms in total. The van der Waals surface area contributed by atoms with Gasteiger partial charge in [0, 0.05) is 0 Å². The van der Waals surface area contributed by atoms with Crippen molar-refractivity contribution in [1.82, 2.24) is 0 Å². The number of benzene rings is 2. The summed E-state index contributed by atoms with van der Waals surface area (Å²) in [5.74, 6) is -0.365. The summed E-state index contributed by atoms with van der Waals surface area (Å²) >= 11 is 0. The predicted octanol–water partition coefficient (Wildman–Crippen LogP) is 3.19. The van der Waals surface area contributed by atoms with E-state index in [4.69, 9.17) is 4.74 Å². The number of ether oxygens (including phenoxy) is 2. The maximum Gasteiger partial charge on any atom is 0.341 e. The van der Waals surface area contributed by atoms with E-state index < -0.39 is 5.97 Å². The Kier molecular flexibility index (Phi) is 4.13. The molecule has 0 aliphatic carbocycles. The van der Waals surface area contributed by atoms with E-state index in [-0.39, 0.29) is 12.4 Å². The van der Waals surface area contributed by atoms with Crippen LogP contribution in [0.2, 0.25) is 0 Å². The molecule has 0 unspecified atom stereocenters. The Balaban J connectivity index is 2.13. The first-order chi connectivity index (χ1) is 9.20. The van der Waals surface area contributed by atoms with Crippen LogP contribution in [-0.2, 0) is 11.3 Å². The summed E-state index contributed by atoms with van der Waals surface area (Å²) in [5, 5.41) is 0. The molecule has 0 N–H and O–H groups in total. The molecule has 2 rings (SSSR count). The Labute approximate surface area is 110 Å². The zero-order chi connectivity index (χ0) is 13.7. The van der Waals surface area contributed by atoms with Gasteiger partial charge in [0.1, 0.15) is 23.7 Å². The molecule has 0 fully saturated rings. The molecule has 0 aliphatic rings. The highest BCUT2D eigenvalue weighted by Crippen LogP contribution is 2.20. The summed E-state index contributed by atoms with van der Waals surface area (Å²) in [6.45, 7) is 0.186. The standard InChI is InChI=1S/C15H13FO3/c1-18-15(17)13-7-2-3-8-14(13)19-10-11-5-4-6-12(16)9-11/h2-9H,10H2,1H3. The maximum absolute atomic E-state index is 13.0. The number of carbonyl (C=O) groups excluding carboxylic acids is 1. The zero-order valence-electron chi connectivity index (χ0n) is 10.4. The number of para-hydroxylation sites is 1. The molecule has 0 bridgehead atoms. The van der Waals surface area contributed by atoms with Gasteiger partial charge in [-0.2, -0.15) is 0 Å². The normalized spacial score (nSPS) is 10.0. The molecule has 0 radical (unpaired) electrons. The Morgan fingerprint density at radius 3 is 2.68 bits per heavy atom. The third-order valence-electron chi connectivity index (χ3n) is 2.58. The quantitative estimate of drug-likeness (QED) is 0.792. The topological polar surface area (TPSA) is 35.5 Å². The van der Waals surface area contributed by atoms with Crippen LogP contribution in [0, 0.1) is 5.82 Å². The number of hydrogen-bond donors (Lipinski definition) is 0. The molecule has 0 heterocycles. The number of methoxy groups -OCH3 is 1. The van der Waals surface area contributed by atoms with Gasteiger partial charge in [-0.15, -0.1) is 0 Å². The number of hydrogen-bond acceptors (Lipinski definition) is 3. The fraction of sp³-hybridized carbons (Fsp3) is 0.133. The van der Waals surface area contributed by atoms with Gasteiger partial charge in [-0.3, -0.25) is 0 Å². The van der Waals surface area contributed by atoms with Gasteiger partial charge in [0.05, 0.1) is 7.11 Å². The average molecular weight is 260 g/mol. The van der Waals surface area contributed by atoms with Crippen molar-refractivity contribution in [3.8, 4) is 5.75 Å². The van der Waals surface area contributed by atoms with Crippen LogP contribution in [0.15, 0.2) is 48.5 Å². The van der Waals surface area contributed by atoms with Crippen LogP contribution in [0.25, 0.3) is 0 Å². The molecule has 98 valence electrons. The molecule has 0 saturated heterocycles. The number of rotatable bonds is 4. The van der Waals surface area contributed by atoms with Crippen molar-refractivity contribution in [3.05, 3.63) is 65.5 Å². The lowest BCUT2D eigenvalue weighted by Gasteiger charge is -2.10. The largest absolute Gasteiger partial charge is 0.488 e. The zero-order valence-corrected chi connectivity index (χ0v) is 10.4. The fourth-order valence-electron chi connectivity index (χ4n) is 1.66. The molecular formula is C15H13FO3. The number of halogens is 1. The molecule has 0 aromatic heterocycles. The third-order valence-corrected chi connectivity index (χ3v) is 2.58. The fourth-order valence-corrected chi connectivity index (χ4v) is 1.66. The summed E-state index contributed by atoms with van der Waals surface area (Å²) < 4.78 is 23.2. The van der Waals surface area contributed by atoms with Crippen LogP contribution in [0.1, 0.15) is 15.9 Å². The van der Waals surface area contributed by atoms with Gasteiger partial charge in [-0.25, -0.2) is 9.18 Å². The van der Waals surface area contributed by atoms with Gasteiger partial charge in [0.25, 0.3) is 0 Å². The Morgan fingerprint density at radius 2 is 1.95 bits per heavy atom. The monoisotopic (exact) mass is 260 g/mol. The van der Waals surface area contributed by atoms with E-state index in [1.807, 2.05) is 0 Å². The average Bonchev–Trinajstić information content (AvgIpc) is 2.45. The first-order valence-corrected chi connectivity index (χ1v) is 5.75. The minimum Gasteiger partial charge on any atom is -0.488 e. The number of carbonyl (C=O) groups is 1. The second kappa shape index (κ2) is 6.00. The Bertz CT molecular complexity index is 581. The molecular weight excluding hydrogens is 247 g/mol. The van der Waals surface area contributed by atoms with Crippen molar-refractivity contribution in [3.63, 3.8) is 0 Å². The molecule has 0 atom stereocenters. The van der Waals surface area contributed by atoms with E-state index in [1.165, 1.54) is 19.2 Å². The molecule has 2 aromatic rings. The van der Waals surface area contributed by atoms with E-state index in [0.717, 1.165) is 0 Å². The Hall–Kier alpha value is -2.36. The van der Waals surface area contributed by atoms with E-state index >= 15 is 0 Å². The van der Waals surface area contributed by atoms with Crippen LogP contribution in [0.4, 0.5) is 4.39 Å². The SMILES string of the molecule is COC(=O)c1ccccc1OCc1cccc(F)c1. The molecule has 0 spiro atoms.